The van der Waals surface area contributed by atoms with Crippen LogP contribution in [-0.2, 0) is 16.1 Å². The average molecular weight is 424 g/mol. The fourth-order valence-corrected chi connectivity index (χ4v) is 3.70. The standard InChI is InChI=1S/C22H21FN4O4/c1-31-19-5-3-2-4-18(19)27-12-14(10-20(27)28)21(29)24-8-9-26-13-25-17-7-6-15(23)11-16(17)22(26)30/h2-7,11,13-14H,8-10,12H2,1H3,(H,24,29)/t14-/m0/s1. The van der Waals surface area contributed by atoms with Crippen LogP contribution in [0.25, 0.3) is 10.9 Å². The SMILES string of the molecule is COc1ccccc1N1C[C@@H](C(=O)NCCn2cnc3ccc(F)cc3c2=O)CC1=O. The van der Waals surface area contributed by atoms with Crippen LogP contribution >= 0.6 is 0 Å². The first-order valence-electron chi connectivity index (χ1n) is 9.83. The fraction of sp³-hybridized carbons (Fsp3) is 0.273. The number of carbonyl (C=O) groups excluding carboxylic acids is 2. The van der Waals surface area contributed by atoms with Gasteiger partial charge in [0.2, 0.25) is 11.8 Å². The third-order valence-corrected chi connectivity index (χ3v) is 5.31. The van der Waals surface area contributed by atoms with Crippen LogP contribution in [0.2, 0.25) is 0 Å². The molecule has 1 aromatic heterocycles. The van der Waals surface area contributed by atoms with E-state index in [1.165, 1.54) is 30.1 Å². The monoisotopic (exact) mass is 424 g/mol. The summed E-state index contributed by atoms with van der Waals surface area (Å²) in [5.41, 5.74) is 0.663. The number of hydrogen-bond acceptors (Lipinski definition) is 5. The van der Waals surface area contributed by atoms with E-state index in [9.17, 15) is 18.8 Å². The number of anilines is 1. The number of fused-ring (bicyclic) bond motifs is 1. The van der Waals surface area contributed by atoms with Gasteiger partial charge < -0.3 is 15.0 Å². The topological polar surface area (TPSA) is 93.5 Å². The van der Waals surface area contributed by atoms with Gasteiger partial charge in [0.05, 0.1) is 35.9 Å². The second kappa shape index (κ2) is 8.55. The van der Waals surface area contributed by atoms with Crippen LogP contribution in [0.3, 0.4) is 0 Å². The van der Waals surface area contributed by atoms with E-state index in [1.54, 1.807) is 23.1 Å². The smallest absolute Gasteiger partial charge is 0.261 e. The zero-order chi connectivity index (χ0) is 22.0. The highest BCUT2D eigenvalue weighted by Gasteiger charge is 2.36. The van der Waals surface area contributed by atoms with Gasteiger partial charge in [0.25, 0.3) is 5.56 Å². The predicted molar refractivity (Wildman–Crippen MR) is 112 cm³/mol. The van der Waals surface area contributed by atoms with E-state index in [0.29, 0.717) is 17.0 Å². The van der Waals surface area contributed by atoms with E-state index in [0.717, 1.165) is 6.07 Å². The fourth-order valence-electron chi connectivity index (χ4n) is 3.70. The Morgan fingerprint density at radius 3 is 2.87 bits per heavy atom. The van der Waals surface area contributed by atoms with Crippen molar-refractivity contribution in [1.82, 2.24) is 14.9 Å². The van der Waals surface area contributed by atoms with Crippen molar-refractivity contribution >= 4 is 28.4 Å². The van der Waals surface area contributed by atoms with Crippen molar-refractivity contribution in [2.45, 2.75) is 13.0 Å². The van der Waals surface area contributed by atoms with Crippen molar-refractivity contribution in [3.05, 3.63) is 65.0 Å². The highest BCUT2D eigenvalue weighted by Crippen LogP contribution is 2.32. The number of nitrogens with zero attached hydrogens (tertiary/aromatic N) is 3. The van der Waals surface area contributed by atoms with Gasteiger partial charge in [0, 0.05) is 26.1 Å². The molecule has 31 heavy (non-hydrogen) atoms. The molecule has 1 saturated heterocycles. The number of para-hydroxylation sites is 2. The minimum Gasteiger partial charge on any atom is -0.495 e. The largest absolute Gasteiger partial charge is 0.495 e. The van der Waals surface area contributed by atoms with Gasteiger partial charge in [-0.2, -0.15) is 0 Å². The number of rotatable bonds is 6. The van der Waals surface area contributed by atoms with Gasteiger partial charge in [0.1, 0.15) is 11.6 Å². The summed E-state index contributed by atoms with van der Waals surface area (Å²) in [5.74, 6) is -0.863. The molecule has 0 unspecified atom stereocenters. The molecule has 0 spiro atoms. The number of hydrogen-bond donors (Lipinski definition) is 1. The number of benzene rings is 2. The number of nitrogens with one attached hydrogen (secondary N) is 1. The predicted octanol–water partition coefficient (Wildman–Crippen LogP) is 1.71. The Bertz CT molecular complexity index is 1210. The lowest BCUT2D eigenvalue weighted by molar-refractivity contribution is -0.126. The number of carbonyl (C=O) groups is 2. The number of aromatic nitrogens is 2. The van der Waals surface area contributed by atoms with E-state index >= 15 is 0 Å². The minimum atomic E-state index is -0.511. The van der Waals surface area contributed by atoms with Gasteiger partial charge in [-0.3, -0.25) is 19.0 Å². The van der Waals surface area contributed by atoms with Crippen molar-refractivity contribution in [1.29, 1.82) is 0 Å². The van der Waals surface area contributed by atoms with Crippen LogP contribution in [0.1, 0.15) is 6.42 Å². The highest BCUT2D eigenvalue weighted by molar-refractivity contribution is 6.01. The first-order chi connectivity index (χ1) is 15.0. The Morgan fingerprint density at radius 1 is 1.26 bits per heavy atom. The summed E-state index contributed by atoms with van der Waals surface area (Å²) < 4.78 is 20.1. The van der Waals surface area contributed by atoms with Gasteiger partial charge in [0.15, 0.2) is 0 Å². The maximum absolute atomic E-state index is 13.4. The molecule has 0 aliphatic carbocycles. The Hall–Kier alpha value is -3.75. The summed E-state index contributed by atoms with van der Waals surface area (Å²) >= 11 is 0. The van der Waals surface area contributed by atoms with Gasteiger partial charge in [-0.25, -0.2) is 9.37 Å². The average Bonchev–Trinajstić information content (AvgIpc) is 3.17. The minimum absolute atomic E-state index is 0.0979. The van der Waals surface area contributed by atoms with Crippen LogP contribution in [0.5, 0.6) is 5.75 Å². The van der Waals surface area contributed by atoms with E-state index in [2.05, 4.69) is 10.3 Å². The molecule has 1 aliphatic rings. The maximum Gasteiger partial charge on any atom is 0.261 e. The molecule has 3 aromatic rings. The summed E-state index contributed by atoms with van der Waals surface area (Å²) in [6, 6.07) is 11.0. The summed E-state index contributed by atoms with van der Waals surface area (Å²) in [7, 11) is 1.53. The molecule has 1 atom stereocenters. The lowest BCUT2D eigenvalue weighted by Gasteiger charge is -2.19. The molecule has 8 nitrogen and oxygen atoms in total. The molecule has 4 rings (SSSR count). The van der Waals surface area contributed by atoms with E-state index < -0.39 is 11.7 Å². The molecule has 2 amide bonds. The van der Waals surface area contributed by atoms with Crippen LogP contribution in [0.15, 0.2) is 53.6 Å². The summed E-state index contributed by atoms with van der Waals surface area (Å²) in [5, 5.41) is 2.95. The molecule has 0 bridgehead atoms. The molecular formula is C22H21FN4O4. The van der Waals surface area contributed by atoms with Crippen LogP contribution in [0, 0.1) is 11.7 Å². The molecular weight excluding hydrogens is 403 g/mol. The maximum atomic E-state index is 13.4. The van der Waals surface area contributed by atoms with Crippen LogP contribution < -0.4 is 20.5 Å². The lowest BCUT2D eigenvalue weighted by Crippen LogP contribution is -2.36. The molecule has 0 saturated carbocycles. The summed E-state index contributed by atoms with van der Waals surface area (Å²) in [6.45, 7) is 0.614. The summed E-state index contributed by atoms with van der Waals surface area (Å²) in [6.07, 6.45) is 1.47. The Balaban J connectivity index is 1.39. The normalized spacial score (nSPS) is 16.0. The third-order valence-electron chi connectivity index (χ3n) is 5.31. The Morgan fingerprint density at radius 2 is 2.06 bits per heavy atom. The molecule has 0 radical (unpaired) electrons. The van der Waals surface area contributed by atoms with E-state index in [-0.39, 0.29) is 48.8 Å². The van der Waals surface area contributed by atoms with Crippen molar-refractivity contribution in [3.8, 4) is 5.75 Å². The summed E-state index contributed by atoms with van der Waals surface area (Å²) in [4.78, 5) is 43.2. The Kier molecular flexibility index (Phi) is 5.66. The van der Waals surface area contributed by atoms with Gasteiger partial charge in [-0.05, 0) is 30.3 Å². The van der Waals surface area contributed by atoms with Crippen molar-refractivity contribution in [2.24, 2.45) is 5.92 Å². The highest BCUT2D eigenvalue weighted by atomic mass is 19.1. The zero-order valence-corrected chi connectivity index (χ0v) is 16.9. The van der Waals surface area contributed by atoms with Crippen LogP contribution in [-0.4, -0.2) is 41.6 Å². The first kappa shape index (κ1) is 20.5. The second-order valence-corrected chi connectivity index (χ2v) is 7.27. The van der Waals surface area contributed by atoms with Crippen molar-refractivity contribution < 1.29 is 18.7 Å². The quantitative estimate of drug-likeness (QED) is 0.650. The second-order valence-electron chi connectivity index (χ2n) is 7.27. The number of methoxy groups -OCH3 is 1. The lowest BCUT2D eigenvalue weighted by atomic mass is 10.1. The number of halogens is 1. The molecule has 1 N–H and O–H groups in total. The first-order valence-corrected chi connectivity index (χ1v) is 9.83. The van der Waals surface area contributed by atoms with Gasteiger partial charge in [-0.15, -0.1) is 0 Å². The van der Waals surface area contributed by atoms with Crippen molar-refractivity contribution in [2.75, 3.05) is 25.1 Å². The number of ether oxygens (including phenoxy) is 1. The third kappa shape index (κ3) is 4.11. The molecule has 1 fully saturated rings. The van der Waals surface area contributed by atoms with Crippen LogP contribution in [0.4, 0.5) is 10.1 Å². The molecule has 2 heterocycles. The molecule has 1 aliphatic heterocycles. The van der Waals surface area contributed by atoms with Gasteiger partial charge >= 0.3 is 0 Å². The Labute approximate surface area is 177 Å². The molecule has 9 heteroatoms. The van der Waals surface area contributed by atoms with E-state index in [1.807, 2.05) is 6.07 Å². The zero-order valence-electron chi connectivity index (χ0n) is 16.9. The molecule has 160 valence electrons. The van der Waals surface area contributed by atoms with Gasteiger partial charge in [-0.1, -0.05) is 12.1 Å². The van der Waals surface area contributed by atoms with Crippen molar-refractivity contribution in [3.63, 3.8) is 0 Å². The number of amides is 2. The van der Waals surface area contributed by atoms with E-state index in [4.69, 9.17) is 4.74 Å². The molecule has 2 aromatic carbocycles.